The Bertz CT molecular complexity index is 196. The predicted octanol–water partition coefficient (Wildman–Crippen LogP) is 1.26. The molecule has 0 radical (unpaired) electrons. The maximum Gasteiger partial charge on any atom is 0.697 e. The van der Waals surface area contributed by atoms with Gasteiger partial charge in [-0.1, -0.05) is 0 Å². The first-order valence-corrected chi connectivity index (χ1v) is 8.01. The zero-order valence-corrected chi connectivity index (χ0v) is 12.8. The fourth-order valence-electron chi connectivity index (χ4n) is 1.17. The molecule has 0 aliphatic carbocycles. The molecule has 0 aromatic rings. The highest BCUT2D eigenvalue weighted by Crippen LogP contribution is 2.23. The number of aliphatic hydroxyl groups excluding tert-OH is 2. The maximum absolute atomic E-state index is 11.3. The van der Waals surface area contributed by atoms with E-state index in [1.807, 2.05) is 0 Å². The second kappa shape index (κ2) is 16.9. The summed E-state index contributed by atoms with van der Waals surface area (Å²) in [6.07, 6.45) is 2.53. The quantitative estimate of drug-likeness (QED) is 0.327. The molecule has 0 spiro atoms. The molecule has 0 bridgehead atoms. The molecule has 0 unspecified atom stereocenters. The SMILES string of the molecule is O=[P+](OCCCOCCCO)OCCCOCCCO. The van der Waals surface area contributed by atoms with E-state index in [2.05, 4.69) is 0 Å². The van der Waals surface area contributed by atoms with Crippen LogP contribution in [0, 0.1) is 0 Å². The van der Waals surface area contributed by atoms with Gasteiger partial charge in [-0.2, -0.15) is 0 Å². The molecular weight excluding hydrogens is 287 g/mol. The van der Waals surface area contributed by atoms with E-state index < -0.39 is 8.25 Å². The molecule has 0 saturated carbocycles. The number of ether oxygens (including phenoxy) is 2. The average molecular weight is 313 g/mol. The molecule has 0 saturated heterocycles. The molecular formula is C12H26O7P+. The zero-order chi connectivity index (χ0) is 14.9. The van der Waals surface area contributed by atoms with Gasteiger partial charge in [0.15, 0.2) is 0 Å². The van der Waals surface area contributed by atoms with Gasteiger partial charge in [0.05, 0.1) is 0 Å². The highest BCUT2D eigenvalue weighted by Gasteiger charge is 2.19. The molecule has 7 nitrogen and oxygen atoms in total. The standard InChI is InChI=1S/C12H26O7P/c13-5-1-7-16-9-3-11-18-20(15)19-12-4-10-17-8-2-6-14/h13-14H,1-12H2/q+1. The summed E-state index contributed by atoms with van der Waals surface area (Å²) in [5.74, 6) is 0. The van der Waals surface area contributed by atoms with E-state index in [-0.39, 0.29) is 13.2 Å². The van der Waals surface area contributed by atoms with Crippen LogP contribution in [0.5, 0.6) is 0 Å². The topological polar surface area (TPSA) is 94.5 Å². The smallest absolute Gasteiger partial charge is 0.396 e. The molecule has 0 aromatic carbocycles. The van der Waals surface area contributed by atoms with Crippen molar-refractivity contribution in [1.82, 2.24) is 0 Å². The number of rotatable bonds is 16. The summed E-state index contributed by atoms with van der Waals surface area (Å²) in [4.78, 5) is 0. The van der Waals surface area contributed by atoms with Crippen molar-refractivity contribution < 1.29 is 33.3 Å². The fourth-order valence-corrected chi connectivity index (χ4v) is 1.81. The molecule has 0 fully saturated rings. The highest BCUT2D eigenvalue weighted by molar-refractivity contribution is 7.33. The summed E-state index contributed by atoms with van der Waals surface area (Å²) in [5.41, 5.74) is 0. The van der Waals surface area contributed by atoms with Crippen molar-refractivity contribution in [3.8, 4) is 0 Å². The van der Waals surface area contributed by atoms with Crippen LogP contribution >= 0.6 is 8.25 Å². The highest BCUT2D eigenvalue weighted by atomic mass is 31.1. The van der Waals surface area contributed by atoms with Crippen LogP contribution in [-0.4, -0.2) is 63.1 Å². The van der Waals surface area contributed by atoms with E-state index in [4.69, 9.17) is 28.7 Å². The van der Waals surface area contributed by atoms with E-state index in [1.54, 1.807) is 0 Å². The van der Waals surface area contributed by atoms with Crippen molar-refractivity contribution in [2.75, 3.05) is 52.9 Å². The van der Waals surface area contributed by atoms with Crippen molar-refractivity contribution in [3.05, 3.63) is 0 Å². The Morgan fingerprint density at radius 2 is 1.05 bits per heavy atom. The third-order valence-corrected chi connectivity index (χ3v) is 2.94. The molecule has 0 aromatic heterocycles. The normalized spacial score (nSPS) is 10.9. The lowest BCUT2D eigenvalue weighted by atomic mass is 10.5. The van der Waals surface area contributed by atoms with E-state index in [1.165, 1.54) is 0 Å². The summed E-state index contributed by atoms with van der Waals surface area (Å²) in [5, 5.41) is 17.0. The van der Waals surface area contributed by atoms with E-state index in [9.17, 15) is 4.57 Å². The van der Waals surface area contributed by atoms with Crippen LogP contribution in [0.2, 0.25) is 0 Å². The third-order valence-electron chi connectivity index (χ3n) is 2.15. The Morgan fingerprint density at radius 3 is 1.45 bits per heavy atom. The predicted molar refractivity (Wildman–Crippen MR) is 73.8 cm³/mol. The number of hydrogen-bond donors (Lipinski definition) is 2. The Hall–Kier alpha value is -0.140. The Morgan fingerprint density at radius 1 is 0.650 bits per heavy atom. The van der Waals surface area contributed by atoms with Crippen LogP contribution in [-0.2, 0) is 23.1 Å². The molecule has 2 N–H and O–H groups in total. The monoisotopic (exact) mass is 313 g/mol. The van der Waals surface area contributed by atoms with Crippen molar-refractivity contribution in [3.63, 3.8) is 0 Å². The van der Waals surface area contributed by atoms with Gasteiger partial charge in [-0.05, 0) is 25.7 Å². The molecule has 8 heteroatoms. The summed E-state index contributed by atoms with van der Waals surface area (Å²) >= 11 is 0. The molecule has 0 atom stereocenters. The first kappa shape index (κ1) is 19.9. The number of aliphatic hydroxyl groups is 2. The summed E-state index contributed by atoms with van der Waals surface area (Å²) in [6.45, 7) is 2.97. The average Bonchev–Trinajstić information content (AvgIpc) is 2.45. The van der Waals surface area contributed by atoms with Crippen LogP contribution in [0.4, 0.5) is 0 Å². The first-order valence-electron chi connectivity index (χ1n) is 6.91. The lowest BCUT2D eigenvalue weighted by Crippen LogP contribution is -2.03. The molecule has 20 heavy (non-hydrogen) atoms. The molecule has 0 aliphatic heterocycles. The van der Waals surface area contributed by atoms with E-state index in [0.29, 0.717) is 65.3 Å². The summed E-state index contributed by atoms with van der Waals surface area (Å²) in [6, 6.07) is 0. The van der Waals surface area contributed by atoms with Crippen LogP contribution in [0.25, 0.3) is 0 Å². The second-order valence-electron chi connectivity index (χ2n) is 3.98. The molecule has 0 rings (SSSR count). The maximum atomic E-state index is 11.3. The van der Waals surface area contributed by atoms with Crippen molar-refractivity contribution in [2.45, 2.75) is 25.7 Å². The van der Waals surface area contributed by atoms with Gasteiger partial charge < -0.3 is 19.7 Å². The summed E-state index contributed by atoms with van der Waals surface area (Å²) < 4.78 is 31.6. The van der Waals surface area contributed by atoms with Crippen LogP contribution in [0.1, 0.15) is 25.7 Å². The van der Waals surface area contributed by atoms with Crippen LogP contribution < -0.4 is 0 Å². The minimum absolute atomic E-state index is 0.125. The minimum atomic E-state index is -2.08. The third kappa shape index (κ3) is 15.9. The van der Waals surface area contributed by atoms with E-state index >= 15 is 0 Å². The van der Waals surface area contributed by atoms with Crippen molar-refractivity contribution in [2.24, 2.45) is 0 Å². The van der Waals surface area contributed by atoms with Crippen molar-refractivity contribution >= 4 is 8.25 Å². The van der Waals surface area contributed by atoms with Gasteiger partial charge in [0.25, 0.3) is 0 Å². The lowest BCUT2D eigenvalue weighted by Gasteiger charge is -2.00. The van der Waals surface area contributed by atoms with Crippen molar-refractivity contribution in [1.29, 1.82) is 0 Å². The Labute approximate surface area is 121 Å². The molecule has 120 valence electrons. The first-order chi connectivity index (χ1) is 9.81. The van der Waals surface area contributed by atoms with E-state index in [0.717, 1.165) is 0 Å². The zero-order valence-electron chi connectivity index (χ0n) is 11.9. The Balaban J connectivity index is 3.13. The molecule has 0 heterocycles. The Kier molecular flexibility index (Phi) is 16.8. The lowest BCUT2D eigenvalue weighted by molar-refractivity contribution is 0.0971. The van der Waals surface area contributed by atoms with Gasteiger partial charge in [-0.15, -0.1) is 9.05 Å². The molecule has 0 aliphatic rings. The largest absolute Gasteiger partial charge is 0.697 e. The summed E-state index contributed by atoms with van der Waals surface area (Å²) in [7, 11) is -2.08. The second-order valence-corrected chi connectivity index (χ2v) is 4.94. The van der Waals surface area contributed by atoms with Gasteiger partial charge in [0.1, 0.15) is 13.2 Å². The van der Waals surface area contributed by atoms with Gasteiger partial charge in [0.2, 0.25) is 0 Å². The van der Waals surface area contributed by atoms with Gasteiger partial charge in [-0.25, -0.2) is 0 Å². The molecule has 0 amide bonds. The minimum Gasteiger partial charge on any atom is -0.396 e. The fraction of sp³-hybridized carbons (Fsp3) is 1.00. The van der Waals surface area contributed by atoms with Gasteiger partial charge in [0, 0.05) is 44.2 Å². The van der Waals surface area contributed by atoms with Gasteiger partial charge in [-0.3, -0.25) is 0 Å². The van der Waals surface area contributed by atoms with Gasteiger partial charge >= 0.3 is 8.25 Å². The number of hydrogen-bond acceptors (Lipinski definition) is 7. The van der Waals surface area contributed by atoms with Crippen LogP contribution in [0.15, 0.2) is 0 Å². The van der Waals surface area contributed by atoms with Crippen LogP contribution in [0.3, 0.4) is 0 Å².